The van der Waals surface area contributed by atoms with Crippen molar-refractivity contribution in [3.05, 3.63) is 63.1 Å². The number of carbonyl (C=O) groups excluding carboxylic acids is 2. The largest absolute Gasteiger partial charge is 0.338 e. The molecular weight excluding hydrogens is 404 g/mol. The lowest BCUT2D eigenvalue weighted by atomic mass is 9.97. The van der Waals surface area contributed by atoms with Crippen molar-refractivity contribution in [1.82, 2.24) is 4.90 Å². The fraction of sp³-hybridized carbons (Fsp3) is 0.364. The summed E-state index contributed by atoms with van der Waals surface area (Å²) in [5.41, 5.74) is 5.09. The standard InChI is InChI=1S/C22H23BrN2O2/c1-15-11-19(23)13-17-7-3-10-25(21(15)17)22(27)18-6-2-5-16(12-18)14-24-9-4-8-20(24)26/h2,5-6,11-13H,3-4,7-10,14H2,1H3. The van der Waals surface area contributed by atoms with Gasteiger partial charge in [0.15, 0.2) is 0 Å². The van der Waals surface area contributed by atoms with E-state index in [0.29, 0.717) is 18.5 Å². The van der Waals surface area contributed by atoms with Crippen LogP contribution in [0.25, 0.3) is 0 Å². The maximum atomic E-state index is 13.3. The Morgan fingerprint density at radius 3 is 2.70 bits per heavy atom. The molecule has 0 spiro atoms. The van der Waals surface area contributed by atoms with Crippen LogP contribution >= 0.6 is 15.9 Å². The van der Waals surface area contributed by atoms with Crippen molar-refractivity contribution >= 4 is 33.4 Å². The van der Waals surface area contributed by atoms with Gasteiger partial charge in [0.2, 0.25) is 5.91 Å². The molecule has 2 amide bonds. The highest BCUT2D eigenvalue weighted by molar-refractivity contribution is 9.10. The van der Waals surface area contributed by atoms with E-state index < -0.39 is 0 Å². The summed E-state index contributed by atoms with van der Waals surface area (Å²) in [4.78, 5) is 29.0. The van der Waals surface area contributed by atoms with Gasteiger partial charge < -0.3 is 9.80 Å². The van der Waals surface area contributed by atoms with Crippen molar-refractivity contribution in [3.63, 3.8) is 0 Å². The predicted octanol–water partition coefficient (Wildman–Crippen LogP) is 4.47. The topological polar surface area (TPSA) is 40.6 Å². The molecule has 0 aliphatic carbocycles. The highest BCUT2D eigenvalue weighted by atomic mass is 79.9. The zero-order chi connectivity index (χ0) is 19.0. The molecule has 27 heavy (non-hydrogen) atoms. The molecule has 2 aliphatic rings. The molecule has 0 atom stereocenters. The van der Waals surface area contributed by atoms with Crippen LogP contribution in [0, 0.1) is 6.92 Å². The minimum absolute atomic E-state index is 0.0379. The normalized spacial score (nSPS) is 16.6. The minimum atomic E-state index is 0.0379. The van der Waals surface area contributed by atoms with Crippen LogP contribution in [0.1, 0.15) is 46.3 Å². The molecule has 0 unspecified atom stereocenters. The average Bonchev–Trinajstić information content (AvgIpc) is 3.05. The SMILES string of the molecule is Cc1cc(Br)cc2c1N(C(=O)c1cccc(CN3CCCC3=O)c1)CCC2. The first-order valence-electron chi connectivity index (χ1n) is 9.50. The average molecular weight is 427 g/mol. The number of fused-ring (bicyclic) bond motifs is 1. The highest BCUT2D eigenvalue weighted by Gasteiger charge is 2.26. The molecule has 4 nitrogen and oxygen atoms in total. The summed E-state index contributed by atoms with van der Waals surface area (Å²) in [6.45, 7) is 4.20. The second kappa shape index (κ2) is 7.47. The first-order chi connectivity index (χ1) is 13.0. The molecule has 1 saturated heterocycles. The number of anilines is 1. The van der Waals surface area contributed by atoms with E-state index in [0.717, 1.165) is 53.6 Å². The van der Waals surface area contributed by atoms with Crippen LogP contribution in [0.5, 0.6) is 0 Å². The molecule has 0 saturated carbocycles. The quantitative estimate of drug-likeness (QED) is 0.725. The summed E-state index contributed by atoms with van der Waals surface area (Å²) < 4.78 is 1.06. The number of carbonyl (C=O) groups is 2. The van der Waals surface area contributed by atoms with Gasteiger partial charge in [0.05, 0.1) is 5.69 Å². The number of hydrogen-bond acceptors (Lipinski definition) is 2. The Hall–Kier alpha value is -2.14. The molecule has 1 fully saturated rings. The lowest BCUT2D eigenvalue weighted by Gasteiger charge is -2.31. The molecule has 0 bridgehead atoms. The molecule has 2 aliphatic heterocycles. The maximum Gasteiger partial charge on any atom is 0.258 e. The fourth-order valence-corrected chi connectivity index (χ4v) is 4.79. The van der Waals surface area contributed by atoms with E-state index in [-0.39, 0.29) is 11.8 Å². The fourth-order valence-electron chi connectivity index (χ4n) is 4.17. The van der Waals surface area contributed by atoms with E-state index >= 15 is 0 Å². The van der Waals surface area contributed by atoms with Crippen molar-refractivity contribution in [1.29, 1.82) is 0 Å². The summed E-state index contributed by atoms with van der Waals surface area (Å²) >= 11 is 3.56. The summed E-state index contributed by atoms with van der Waals surface area (Å²) in [7, 11) is 0. The van der Waals surface area contributed by atoms with E-state index in [1.165, 1.54) is 5.56 Å². The first-order valence-corrected chi connectivity index (χ1v) is 10.3. The number of aryl methyl sites for hydroxylation is 2. The molecule has 0 aromatic heterocycles. The zero-order valence-corrected chi connectivity index (χ0v) is 17.1. The van der Waals surface area contributed by atoms with Gasteiger partial charge in [-0.2, -0.15) is 0 Å². The minimum Gasteiger partial charge on any atom is -0.338 e. The Labute approximate surface area is 168 Å². The van der Waals surface area contributed by atoms with Crippen LogP contribution in [0.2, 0.25) is 0 Å². The van der Waals surface area contributed by atoms with Gasteiger partial charge in [0, 0.05) is 36.1 Å². The van der Waals surface area contributed by atoms with Crippen LogP contribution in [0.15, 0.2) is 40.9 Å². The molecule has 2 aromatic carbocycles. The van der Waals surface area contributed by atoms with E-state index in [4.69, 9.17) is 0 Å². The van der Waals surface area contributed by atoms with Gasteiger partial charge in [0.25, 0.3) is 5.91 Å². The zero-order valence-electron chi connectivity index (χ0n) is 15.5. The van der Waals surface area contributed by atoms with Crippen LogP contribution in [0.3, 0.4) is 0 Å². The van der Waals surface area contributed by atoms with Crippen molar-refractivity contribution in [2.24, 2.45) is 0 Å². The van der Waals surface area contributed by atoms with Gasteiger partial charge in [-0.15, -0.1) is 0 Å². The summed E-state index contributed by atoms with van der Waals surface area (Å²) in [6, 6.07) is 11.9. The van der Waals surface area contributed by atoms with Gasteiger partial charge in [-0.05, 0) is 67.1 Å². The highest BCUT2D eigenvalue weighted by Crippen LogP contribution is 2.34. The smallest absolute Gasteiger partial charge is 0.258 e. The molecular formula is C22H23BrN2O2. The summed E-state index contributed by atoms with van der Waals surface area (Å²) in [5.74, 6) is 0.244. The third kappa shape index (κ3) is 3.65. The number of rotatable bonds is 3. The second-order valence-electron chi connectivity index (χ2n) is 7.41. The van der Waals surface area contributed by atoms with Crippen LogP contribution < -0.4 is 4.90 Å². The number of amides is 2. The number of hydrogen-bond donors (Lipinski definition) is 0. The molecule has 2 aromatic rings. The predicted molar refractivity (Wildman–Crippen MR) is 110 cm³/mol. The van der Waals surface area contributed by atoms with Crippen LogP contribution in [-0.4, -0.2) is 29.8 Å². The van der Waals surface area contributed by atoms with Crippen molar-refractivity contribution in [2.45, 2.75) is 39.2 Å². The Bertz CT molecular complexity index is 909. The lowest BCUT2D eigenvalue weighted by molar-refractivity contribution is -0.128. The molecule has 140 valence electrons. The Kier molecular flexibility index (Phi) is 5.04. The van der Waals surface area contributed by atoms with Gasteiger partial charge in [-0.25, -0.2) is 0 Å². The lowest BCUT2D eigenvalue weighted by Crippen LogP contribution is -2.36. The van der Waals surface area contributed by atoms with E-state index in [2.05, 4.69) is 35.0 Å². The summed E-state index contributed by atoms with van der Waals surface area (Å²) in [6.07, 6.45) is 3.53. The van der Waals surface area contributed by atoms with Crippen molar-refractivity contribution in [2.75, 3.05) is 18.0 Å². The van der Waals surface area contributed by atoms with Gasteiger partial charge >= 0.3 is 0 Å². The monoisotopic (exact) mass is 426 g/mol. The van der Waals surface area contributed by atoms with Crippen molar-refractivity contribution < 1.29 is 9.59 Å². The Morgan fingerprint density at radius 2 is 1.93 bits per heavy atom. The maximum absolute atomic E-state index is 13.3. The number of likely N-dealkylation sites (tertiary alicyclic amines) is 1. The van der Waals surface area contributed by atoms with Gasteiger partial charge in [-0.1, -0.05) is 28.1 Å². The number of benzene rings is 2. The number of nitrogens with zero attached hydrogens (tertiary/aromatic N) is 2. The molecule has 0 radical (unpaired) electrons. The van der Waals surface area contributed by atoms with Crippen LogP contribution in [-0.2, 0) is 17.8 Å². The molecule has 4 rings (SSSR count). The van der Waals surface area contributed by atoms with Gasteiger partial charge in [0.1, 0.15) is 0 Å². The van der Waals surface area contributed by atoms with E-state index in [1.807, 2.05) is 34.1 Å². The number of halogens is 1. The Morgan fingerprint density at radius 1 is 1.11 bits per heavy atom. The summed E-state index contributed by atoms with van der Waals surface area (Å²) in [5, 5.41) is 0. The third-order valence-corrected chi connectivity index (χ3v) is 5.86. The third-order valence-electron chi connectivity index (χ3n) is 5.41. The first kappa shape index (κ1) is 18.2. The van der Waals surface area contributed by atoms with Gasteiger partial charge in [-0.3, -0.25) is 9.59 Å². The van der Waals surface area contributed by atoms with E-state index in [9.17, 15) is 9.59 Å². The Balaban J connectivity index is 1.61. The second-order valence-corrected chi connectivity index (χ2v) is 8.33. The van der Waals surface area contributed by atoms with E-state index in [1.54, 1.807) is 0 Å². The molecule has 2 heterocycles. The molecule has 0 N–H and O–H groups in total. The molecule has 5 heteroatoms. The van der Waals surface area contributed by atoms with Crippen molar-refractivity contribution in [3.8, 4) is 0 Å². The van der Waals surface area contributed by atoms with Crippen LogP contribution in [0.4, 0.5) is 5.69 Å².